The standard InChI is InChI=1S/C14H19NO2/c1-4-10-8-14(2)11-7-9(16)5-6-12(11)15(3)13(14)17-10/h5-7,10,13,16H,4,8H2,1-3H3/t10-,13-,14-/m0/s1. The number of phenols is 1. The molecule has 1 fully saturated rings. The molecule has 0 aromatic heterocycles. The van der Waals surface area contributed by atoms with Crippen molar-refractivity contribution in [3.63, 3.8) is 0 Å². The lowest BCUT2D eigenvalue weighted by Crippen LogP contribution is -2.37. The molecule has 3 nitrogen and oxygen atoms in total. The minimum Gasteiger partial charge on any atom is -0.508 e. The SMILES string of the molecule is CC[C@H]1C[C@@]2(C)c3cc(O)ccc3N(C)[C@H]2O1. The number of ether oxygens (including phenoxy) is 1. The Morgan fingerprint density at radius 2 is 2.29 bits per heavy atom. The highest BCUT2D eigenvalue weighted by Crippen LogP contribution is 2.53. The van der Waals surface area contributed by atoms with Gasteiger partial charge in [-0.15, -0.1) is 0 Å². The highest BCUT2D eigenvalue weighted by Gasteiger charge is 2.53. The maximum atomic E-state index is 9.68. The minimum atomic E-state index is 0.0174. The van der Waals surface area contributed by atoms with Gasteiger partial charge in [0.15, 0.2) is 0 Å². The van der Waals surface area contributed by atoms with Gasteiger partial charge < -0.3 is 14.7 Å². The van der Waals surface area contributed by atoms with Crippen molar-refractivity contribution in [1.29, 1.82) is 0 Å². The summed E-state index contributed by atoms with van der Waals surface area (Å²) in [4.78, 5) is 2.20. The van der Waals surface area contributed by atoms with E-state index in [0.29, 0.717) is 11.9 Å². The van der Waals surface area contributed by atoms with Crippen molar-refractivity contribution in [2.75, 3.05) is 11.9 Å². The fourth-order valence-electron chi connectivity index (χ4n) is 3.37. The van der Waals surface area contributed by atoms with Crippen LogP contribution in [0.1, 0.15) is 32.3 Å². The van der Waals surface area contributed by atoms with Crippen molar-refractivity contribution in [1.82, 2.24) is 0 Å². The smallest absolute Gasteiger partial charge is 0.139 e. The topological polar surface area (TPSA) is 32.7 Å². The first-order chi connectivity index (χ1) is 8.06. The summed E-state index contributed by atoms with van der Waals surface area (Å²) in [5.41, 5.74) is 2.43. The first-order valence-electron chi connectivity index (χ1n) is 6.28. The number of nitrogens with zero attached hydrogens (tertiary/aromatic N) is 1. The highest BCUT2D eigenvalue weighted by molar-refractivity contribution is 5.65. The summed E-state index contributed by atoms with van der Waals surface area (Å²) in [5.74, 6) is 0.346. The van der Waals surface area contributed by atoms with Crippen LogP contribution in [0.25, 0.3) is 0 Å². The third-order valence-corrected chi connectivity index (χ3v) is 4.30. The van der Waals surface area contributed by atoms with E-state index in [4.69, 9.17) is 4.74 Å². The number of rotatable bonds is 1. The van der Waals surface area contributed by atoms with E-state index in [-0.39, 0.29) is 11.6 Å². The van der Waals surface area contributed by atoms with Crippen LogP contribution in [-0.2, 0) is 10.2 Å². The molecule has 0 radical (unpaired) electrons. The van der Waals surface area contributed by atoms with Crippen molar-refractivity contribution in [2.45, 2.75) is 44.4 Å². The van der Waals surface area contributed by atoms with Gasteiger partial charge in [-0.2, -0.15) is 0 Å². The van der Waals surface area contributed by atoms with Gasteiger partial charge in [0.2, 0.25) is 0 Å². The maximum absolute atomic E-state index is 9.68. The zero-order valence-electron chi connectivity index (χ0n) is 10.6. The lowest BCUT2D eigenvalue weighted by Gasteiger charge is -2.26. The number of benzene rings is 1. The summed E-state index contributed by atoms with van der Waals surface area (Å²) in [6.45, 7) is 4.41. The number of anilines is 1. The third kappa shape index (κ3) is 1.32. The van der Waals surface area contributed by atoms with Crippen LogP contribution in [0.3, 0.4) is 0 Å². The average molecular weight is 233 g/mol. The lowest BCUT2D eigenvalue weighted by molar-refractivity contribution is 0.0349. The average Bonchev–Trinajstić information content (AvgIpc) is 2.74. The van der Waals surface area contributed by atoms with E-state index < -0.39 is 0 Å². The molecule has 1 saturated heterocycles. The Bertz CT molecular complexity index is 460. The molecule has 92 valence electrons. The van der Waals surface area contributed by atoms with Gasteiger partial charge in [0.1, 0.15) is 12.0 Å². The molecular formula is C14H19NO2. The molecule has 1 aromatic rings. The summed E-state index contributed by atoms with van der Waals surface area (Å²) < 4.78 is 6.12. The lowest BCUT2D eigenvalue weighted by atomic mass is 9.80. The van der Waals surface area contributed by atoms with Gasteiger partial charge in [-0.1, -0.05) is 13.8 Å². The molecule has 0 aliphatic carbocycles. The molecule has 3 atom stereocenters. The van der Waals surface area contributed by atoms with Gasteiger partial charge >= 0.3 is 0 Å². The largest absolute Gasteiger partial charge is 0.508 e. The van der Waals surface area contributed by atoms with Crippen molar-refractivity contribution < 1.29 is 9.84 Å². The minimum absolute atomic E-state index is 0.0174. The number of likely N-dealkylation sites (N-methyl/N-ethyl adjacent to an activating group) is 1. The van der Waals surface area contributed by atoms with E-state index in [1.54, 1.807) is 6.07 Å². The van der Waals surface area contributed by atoms with Gasteiger partial charge in [-0.3, -0.25) is 0 Å². The van der Waals surface area contributed by atoms with Crippen LogP contribution < -0.4 is 4.90 Å². The Balaban J connectivity index is 2.10. The summed E-state index contributed by atoms with van der Waals surface area (Å²) in [5, 5.41) is 9.68. The predicted octanol–water partition coefficient (Wildman–Crippen LogP) is 2.62. The number of fused-ring (bicyclic) bond motifs is 3. The van der Waals surface area contributed by atoms with Gasteiger partial charge in [0, 0.05) is 18.2 Å². The predicted molar refractivity (Wildman–Crippen MR) is 67.4 cm³/mol. The number of phenolic OH excluding ortho intramolecular Hbond substituents is 1. The quantitative estimate of drug-likeness (QED) is 0.809. The van der Waals surface area contributed by atoms with Crippen LogP contribution in [0.5, 0.6) is 5.75 Å². The molecule has 0 bridgehead atoms. The zero-order chi connectivity index (χ0) is 12.2. The van der Waals surface area contributed by atoms with Crippen LogP contribution in [0.15, 0.2) is 18.2 Å². The summed E-state index contributed by atoms with van der Waals surface area (Å²) in [6.07, 6.45) is 2.54. The number of aromatic hydroxyl groups is 1. The van der Waals surface area contributed by atoms with Gasteiger partial charge in [-0.25, -0.2) is 0 Å². The fourth-order valence-corrected chi connectivity index (χ4v) is 3.37. The van der Waals surface area contributed by atoms with E-state index in [1.165, 1.54) is 11.3 Å². The zero-order valence-corrected chi connectivity index (χ0v) is 10.6. The molecule has 2 aliphatic rings. The van der Waals surface area contributed by atoms with Crippen molar-refractivity contribution in [2.24, 2.45) is 0 Å². The molecule has 0 unspecified atom stereocenters. The Morgan fingerprint density at radius 1 is 1.53 bits per heavy atom. The molecule has 0 saturated carbocycles. The molecule has 2 heterocycles. The molecule has 3 heteroatoms. The van der Waals surface area contributed by atoms with E-state index in [0.717, 1.165) is 12.8 Å². The molecule has 1 N–H and O–H groups in total. The van der Waals surface area contributed by atoms with Crippen LogP contribution in [0.4, 0.5) is 5.69 Å². The summed E-state index contributed by atoms with van der Waals surface area (Å²) >= 11 is 0. The van der Waals surface area contributed by atoms with Crippen LogP contribution in [0.2, 0.25) is 0 Å². The van der Waals surface area contributed by atoms with Crippen molar-refractivity contribution >= 4 is 5.69 Å². The van der Waals surface area contributed by atoms with E-state index in [9.17, 15) is 5.11 Å². The van der Waals surface area contributed by atoms with Crippen LogP contribution in [0, 0.1) is 0 Å². The molecular weight excluding hydrogens is 214 g/mol. The summed E-state index contributed by atoms with van der Waals surface area (Å²) in [7, 11) is 2.07. The Morgan fingerprint density at radius 3 is 3.00 bits per heavy atom. The number of hydrogen-bond donors (Lipinski definition) is 1. The first kappa shape index (κ1) is 10.9. The second kappa shape index (κ2) is 3.39. The molecule has 0 spiro atoms. The third-order valence-electron chi connectivity index (χ3n) is 4.30. The first-order valence-corrected chi connectivity index (χ1v) is 6.28. The molecule has 1 aromatic carbocycles. The Hall–Kier alpha value is -1.22. The molecule has 2 aliphatic heterocycles. The van der Waals surface area contributed by atoms with Gasteiger partial charge in [0.25, 0.3) is 0 Å². The normalized spacial score (nSPS) is 34.9. The highest BCUT2D eigenvalue weighted by atomic mass is 16.5. The van der Waals surface area contributed by atoms with Crippen LogP contribution in [-0.4, -0.2) is 24.5 Å². The van der Waals surface area contributed by atoms with Crippen molar-refractivity contribution in [3.05, 3.63) is 23.8 Å². The summed E-state index contributed by atoms with van der Waals surface area (Å²) in [6, 6.07) is 5.63. The van der Waals surface area contributed by atoms with Crippen molar-refractivity contribution in [3.8, 4) is 5.75 Å². The molecule has 0 amide bonds. The van der Waals surface area contributed by atoms with E-state index in [2.05, 4.69) is 25.8 Å². The van der Waals surface area contributed by atoms with Crippen LogP contribution >= 0.6 is 0 Å². The van der Waals surface area contributed by atoms with Gasteiger partial charge in [-0.05, 0) is 36.6 Å². The second-order valence-electron chi connectivity index (χ2n) is 5.45. The van der Waals surface area contributed by atoms with E-state index in [1.807, 2.05) is 12.1 Å². The number of hydrogen-bond acceptors (Lipinski definition) is 3. The fraction of sp³-hybridized carbons (Fsp3) is 0.571. The second-order valence-corrected chi connectivity index (χ2v) is 5.45. The van der Waals surface area contributed by atoms with E-state index >= 15 is 0 Å². The van der Waals surface area contributed by atoms with Gasteiger partial charge in [0.05, 0.1) is 6.10 Å². The molecule has 17 heavy (non-hydrogen) atoms. The Kier molecular flexibility index (Phi) is 2.17. The molecule has 3 rings (SSSR count). The Labute approximate surface area is 102 Å². The monoisotopic (exact) mass is 233 g/mol. The maximum Gasteiger partial charge on any atom is 0.139 e.